The van der Waals surface area contributed by atoms with Crippen molar-refractivity contribution in [2.24, 2.45) is 17.3 Å². The Labute approximate surface area is 82.5 Å². The molecule has 2 rings (SSSR count). The second-order valence-electron chi connectivity index (χ2n) is 5.94. The smallest absolute Gasteiger partial charge is 0.00997 e. The van der Waals surface area contributed by atoms with Crippen LogP contribution in [0, 0.1) is 17.3 Å². The molecule has 0 aromatic carbocycles. The van der Waals surface area contributed by atoms with Crippen LogP contribution in [0.4, 0.5) is 0 Å². The zero-order chi connectivity index (χ0) is 9.64. The molecule has 0 N–H and O–H groups in total. The van der Waals surface area contributed by atoms with Gasteiger partial charge < -0.3 is 4.90 Å². The summed E-state index contributed by atoms with van der Waals surface area (Å²) in [6, 6.07) is 0.896. The second-order valence-corrected chi connectivity index (χ2v) is 5.94. The maximum Gasteiger partial charge on any atom is 0.00997 e. The van der Waals surface area contributed by atoms with Gasteiger partial charge in [-0.2, -0.15) is 0 Å². The Morgan fingerprint density at radius 2 is 1.62 bits per heavy atom. The van der Waals surface area contributed by atoms with Gasteiger partial charge in [-0.1, -0.05) is 13.8 Å². The molecule has 0 radical (unpaired) electrons. The minimum absolute atomic E-state index is 0.809. The molecule has 13 heavy (non-hydrogen) atoms. The molecule has 0 heterocycles. The lowest BCUT2D eigenvalue weighted by Crippen LogP contribution is -2.55. The molecular weight excluding hydrogens is 158 g/mol. The van der Waals surface area contributed by atoms with E-state index in [-0.39, 0.29) is 0 Å². The first kappa shape index (κ1) is 9.51. The van der Waals surface area contributed by atoms with Crippen LogP contribution in [0.2, 0.25) is 0 Å². The average Bonchev–Trinajstić information content (AvgIpc) is 1.78. The summed E-state index contributed by atoms with van der Waals surface area (Å²) in [7, 11) is 4.44. The average molecular weight is 181 g/mol. The summed E-state index contributed by atoms with van der Waals surface area (Å²) in [5.74, 6) is 1.96. The van der Waals surface area contributed by atoms with E-state index in [0.717, 1.165) is 23.3 Å². The van der Waals surface area contributed by atoms with Gasteiger partial charge in [-0.25, -0.2) is 0 Å². The molecule has 76 valence electrons. The van der Waals surface area contributed by atoms with Gasteiger partial charge in [-0.15, -0.1) is 0 Å². The van der Waals surface area contributed by atoms with Crippen LogP contribution in [0.15, 0.2) is 0 Å². The van der Waals surface area contributed by atoms with Gasteiger partial charge in [0.05, 0.1) is 0 Å². The van der Waals surface area contributed by atoms with E-state index in [4.69, 9.17) is 0 Å². The van der Waals surface area contributed by atoms with Gasteiger partial charge in [0.25, 0.3) is 0 Å². The molecule has 0 aliphatic heterocycles. The molecule has 0 bridgehead atoms. The summed E-state index contributed by atoms with van der Waals surface area (Å²) in [4.78, 5) is 2.40. The third kappa shape index (κ3) is 1.52. The Hall–Kier alpha value is -0.0400. The van der Waals surface area contributed by atoms with Crippen molar-refractivity contribution in [3.8, 4) is 0 Å². The minimum Gasteiger partial charge on any atom is -0.306 e. The summed E-state index contributed by atoms with van der Waals surface area (Å²) in [6.07, 6.45) is 6.00. The van der Waals surface area contributed by atoms with E-state index >= 15 is 0 Å². The first-order valence-electron chi connectivity index (χ1n) is 5.69. The van der Waals surface area contributed by atoms with Crippen molar-refractivity contribution in [2.45, 2.75) is 45.6 Å². The topological polar surface area (TPSA) is 3.24 Å². The quantitative estimate of drug-likeness (QED) is 0.633. The van der Waals surface area contributed by atoms with Crippen molar-refractivity contribution in [3.63, 3.8) is 0 Å². The minimum atomic E-state index is 0.809. The summed E-state index contributed by atoms with van der Waals surface area (Å²) in [6.45, 7) is 4.75. The first-order valence-corrected chi connectivity index (χ1v) is 5.69. The highest BCUT2D eigenvalue weighted by atomic mass is 15.1. The fourth-order valence-corrected chi connectivity index (χ4v) is 3.16. The number of nitrogens with zero attached hydrogens (tertiary/aromatic N) is 1. The van der Waals surface area contributed by atoms with E-state index in [1.807, 2.05) is 0 Å². The van der Waals surface area contributed by atoms with Gasteiger partial charge >= 0.3 is 0 Å². The van der Waals surface area contributed by atoms with Gasteiger partial charge in [0.2, 0.25) is 0 Å². The molecule has 2 aliphatic rings. The maximum atomic E-state index is 2.40. The lowest BCUT2D eigenvalue weighted by atomic mass is 9.48. The van der Waals surface area contributed by atoms with E-state index in [2.05, 4.69) is 32.8 Å². The largest absolute Gasteiger partial charge is 0.306 e. The Morgan fingerprint density at radius 3 is 2.00 bits per heavy atom. The van der Waals surface area contributed by atoms with Gasteiger partial charge in [0.15, 0.2) is 0 Å². The van der Waals surface area contributed by atoms with Crippen molar-refractivity contribution in [3.05, 3.63) is 0 Å². The van der Waals surface area contributed by atoms with Crippen LogP contribution >= 0.6 is 0 Å². The lowest BCUT2D eigenvalue weighted by Gasteiger charge is -2.60. The monoisotopic (exact) mass is 181 g/mol. The molecule has 1 nitrogen and oxygen atoms in total. The van der Waals surface area contributed by atoms with Crippen LogP contribution in [-0.2, 0) is 0 Å². The molecule has 0 unspecified atom stereocenters. The van der Waals surface area contributed by atoms with Crippen molar-refractivity contribution in [2.75, 3.05) is 14.1 Å². The molecule has 0 saturated heterocycles. The third-order valence-corrected chi connectivity index (χ3v) is 4.40. The normalized spacial score (nSPS) is 43.8. The van der Waals surface area contributed by atoms with Crippen LogP contribution in [-0.4, -0.2) is 25.0 Å². The van der Waals surface area contributed by atoms with Crippen LogP contribution < -0.4 is 0 Å². The molecule has 0 aromatic rings. The molecule has 2 fully saturated rings. The Morgan fingerprint density at radius 1 is 1.08 bits per heavy atom. The summed E-state index contributed by atoms with van der Waals surface area (Å²) in [5.41, 5.74) is 0.809. The third-order valence-electron chi connectivity index (χ3n) is 4.40. The Balaban J connectivity index is 1.76. The van der Waals surface area contributed by atoms with Crippen LogP contribution in [0.5, 0.6) is 0 Å². The summed E-state index contributed by atoms with van der Waals surface area (Å²) < 4.78 is 0. The molecule has 1 heteroatoms. The molecule has 0 amide bonds. The van der Waals surface area contributed by atoms with Crippen molar-refractivity contribution in [1.29, 1.82) is 0 Å². The van der Waals surface area contributed by atoms with Crippen LogP contribution in [0.1, 0.15) is 39.5 Å². The Bertz CT molecular complexity index is 158. The Kier molecular flexibility index (Phi) is 2.18. The zero-order valence-corrected chi connectivity index (χ0v) is 9.51. The highest BCUT2D eigenvalue weighted by Gasteiger charge is 2.53. The van der Waals surface area contributed by atoms with Gasteiger partial charge in [-0.05, 0) is 57.0 Å². The second kappa shape index (κ2) is 2.98. The van der Waals surface area contributed by atoms with Crippen molar-refractivity contribution >= 4 is 0 Å². The van der Waals surface area contributed by atoms with Gasteiger partial charge in [-0.3, -0.25) is 0 Å². The number of hydrogen-bond acceptors (Lipinski definition) is 1. The highest BCUT2D eigenvalue weighted by Crippen LogP contribution is 2.61. The molecule has 2 aliphatic carbocycles. The van der Waals surface area contributed by atoms with Gasteiger partial charge in [0, 0.05) is 6.04 Å². The SMILES string of the molecule is CC(C)C1CC2(C1)CC(N(C)C)C2. The number of rotatable bonds is 2. The molecule has 0 atom stereocenters. The molecule has 0 aromatic heterocycles. The maximum absolute atomic E-state index is 2.40. The fraction of sp³-hybridized carbons (Fsp3) is 1.00. The van der Waals surface area contributed by atoms with E-state index in [1.54, 1.807) is 0 Å². The summed E-state index contributed by atoms with van der Waals surface area (Å²) >= 11 is 0. The standard InChI is InChI=1S/C12H23N/c1-9(2)10-5-12(6-10)7-11(8-12)13(3)4/h9-11H,5-8H2,1-4H3. The van der Waals surface area contributed by atoms with Crippen molar-refractivity contribution in [1.82, 2.24) is 4.90 Å². The highest BCUT2D eigenvalue weighted by molar-refractivity contribution is 5.05. The van der Waals surface area contributed by atoms with Gasteiger partial charge in [0.1, 0.15) is 0 Å². The van der Waals surface area contributed by atoms with E-state index < -0.39 is 0 Å². The lowest BCUT2D eigenvalue weighted by molar-refractivity contribution is -0.0898. The summed E-state index contributed by atoms with van der Waals surface area (Å²) in [5, 5.41) is 0. The van der Waals surface area contributed by atoms with E-state index in [1.165, 1.54) is 25.7 Å². The van der Waals surface area contributed by atoms with Crippen LogP contribution in [0.25, 0.3) is 0 Å². The van der Waals surface area contributed by atoms with Crippen molar-refractivity contribution < 1.29 is 0 Å². The molecule has 1 spiro atoms. The predicted octanol–water partition coefficient (Wildman–Crippen LogP) is 2.76. The fourth-order valence-electron chi connectivity index (χ4n) is 3.16. The van der Waals surface area contributed by atoms with E-state index in [9.17, 15) is 0 Å². The van der Waals surface area contributed by atoms with Crippen LogP contribution in [0.3, 0.4) is 0 Å². The predicted molar refractivity (Wildman–Crippen MR) is 56.7 cm³/mol. The van der Waals surface area contributed by atoms with E-state index in [0.29, 0.717) is 0 Å². The number of hydrogen-bond donors (Lipinski definition) is 0. The first-order chi connectivity index (χ1) is 6.02. The zero-order valence-electron chi connectivity index (χ0n) is 9.51. The molecule has 2 saturated carbocycles. The molecular formula is C12H23N.